The molecule has 68 valence electrons. The van der Waals surface area contributed by atoms with Crippen LogP contribution in [0.1, 0.15) is 12.8 Å². The molecule has 0 aromatic rings. The van der Waals surface area contributed by atoms with Crippen LogP contribution >= 0.6 is 0 Å². The first kappa shape index (κ1) is 7.44. The zero-order chi connectivity index (χ0) is 8.67. The largest absolute Gasteiger partial charge is 0.289 e. The third kappa shape index (κ3) is 1.07. The van der Waals surface area contributed by atoms with Crippen molar-refractivity contribution in [3.63, 3.8) is 0 Å². The predicted molar refractivity (Wildman–Crippen MR) is 53.0 cm³/mol. The Balaban J connectivity index is 1.91. The minimum absolute atomic E-state index is 0.287. The Morgan fingerprint density at radius 3 is 3.38 bits per heavy atom. The fourth-order valence-electron chi connectivity index (χ4n) is 2.59. The van der Waals surface area contributed by atoms with Crippen LogP contribution in [0.4, 0.5) is 0 Å². The smallest absolute Gasteiger partial charge is 0.111 e. The summed E-state index contributed by atoms with van der Waals surface area (Å²) in [4.78, 5) is 8.48. The van der Waals surface area contributed by atoms with Crippen molar-refractivity contribution in [2.24, 2.45) is 21.8 Å². The van der Waals surface area contributed by atoms with Crippen molar-refractivity contribution in [3.05, 3.63) is 12.2 Å². The predicted octanol–water partition coefficient (Wildman–Crippen LogP) is 0.979. The average molecular weight is 175 g/mol. The Labute approximate surface area is 77.7 Å². The molecule has 4 atom stereocenters. The summed E-state index contributed by atoms with van der Waals surface area (Å²) in [5.41, 5.74) is 0. The van der Waals surface area contributed by atoms with Gasteiger partial charge in [0, 0.05) is 18.2 Å². The zero-order valence-electron chi connectivity index (χ0n) is 7.43. The number of hydrogen-bond acceptors (Lipinski definition) is 3. The van der Waals surface area contributed by atoms with Gasteiger partial charge in [0.25, 0.3) is 0 Å². The number of nitrogens with zero attached hydrogens (tertiary/aromatic N) is 2. The minimum Gasteiger partial charge on any atom is -0.289 e. The van der Waals surface area contributed by atoms with E-state index in [2.05, 4.69) is 33.7 Å². The van der Waals surface area contributed by atoms with E-state index in [-0.39, 0.29) is 6.17 Å². The third-order valence-corrected chi connectivity index (χ3v) is 3.25. The van der Waals surface area contributed by atoms with Gasteiger partial charge in [-0.1, -0.05) is 12.2 Å². The Bertz CT molecular complexity index is 293. The monoisotopic (exact) mass is 175 g/mol. The van der Waals surface area contributed by atoms with Gasteiger partial charge in [-0.2, -0.15) is 0 Å². The normalized spacial score (nSPS) is 46.2. The maximum Gasteiger partial charge on any atom is 0.111 e. The average Bonchev–Trinajstić information content (AvgIpc) is 2.56. The lowest BCUT2D eigenvalue weighted by molar-refractivity contribution is 0.413. The molecule has 3 heteroatoms. The highest BCUT2D eigenvalue weighted by molar-refractivity contribution is 5.77. The van der Waals surface area contributed by atoms with E-state index in [0.29, 0.717) is 12.0 Å². The van der Waals surface area contributed by atoms with Crippen LogP contribution < -0.4 is 5.32 Å². The second-order valence-corrected chi connectivity index (χ2v) is 3.95. The second kappa shape index (κ2) is 2.77. The van der Waals surface area contributed by atoms with Crippen molar-refractivity contribution in [2.45, 2.75) is 25.0 Å². The van der Waals surface area contributed by atoms with Crippen LogP contribution in [0.25, 0.3) is 0 Å². The van der Waals surface area contributed by atoms with Gasteiger partial charge in [0.15, 0.2) is 0 Å². The number of hydrogen-bond donors (Lipinski definition) is 1. The van der Waals surface area contributed by atoms with E-state index < -0.39 is 0 Å². The second-order valence-electron chi connectivity index (χ2n) is 3.95. The van der Waals surface area contributed by atoms with Gasteiger partial charge in [-0.15, -0.1) is 0 Å². The van der Waals surface area contributed by atoms with Crippen LogP contribution in [0.2, 0.25) is 0 Å². The summed E-state index contributed by atoms with van der Waals surface area (Å²) in [5.74, 6) is 1.25. The van der Waals surface area contributed by atoms with E-state index in [1.54, 1.807) is 6.34 Å². The van der Waals surface area contributed by atoms with Crippen LogP contribution in [-0.2, 0) is 0 Å². The van der Waals surface area contributed by atoms with E-state index in [0.717, 1.165) is 5.92 Å². The summed E-state index contributed by atoms with van der Waals surface area (Å²) in [6.45, 7) is 0. The highest BCUT2D eigenvalue weighted by atomic mass is 15.2. The van der Waals surface area contributed by atoms with E-state index in [4.69, 9.17) is 0 Å². The molecule has 2 aliphatic heterocycles. The Morgan fingerprint density at radius 2 is 2.38 bits per heavy atom. The van der Waals surface area contributed by atoms with Gasteiger partial charge in [0.1, 0.15) is 12.5 Å². The van der Waals surface area contributed by atoms with Crippen LogP contribution in [0, 0.1) is 11.8 Å². The maximum atomic E-state index is 4.35. The van der Waals surface area contributed by atoms with Crippen molar-refractivity contribution < 1.29 is 0 Å². The highest BCUT2D eigenvalue weighted by Gasteiger charge is 2.41. The molecule has 3 rings (SSSR count). The molecule has 1 N–H and O–H groups in total. The summed E-state index contributed by atoms with van der Waals surface area (Å²) in [6.07, 6.45) is 11.1. The quantitative estimate of drug-likeness (QED) is 0.547. The maximum absolute atomic E-state index is 4.35. The van der Waals surface area contributed by atoms with Gasteiger partial charge in [-0.05, 0) is 18.8 Å². The summed E-state index contributed by atoms with van der Waals surface area (Å²) in [5, 5.41) is 3.52. The first-order chi connectivity index (χ1) is 6.45. The summed E-state index contributed by atoms with van der Waals surface area (Å²) in [7, 11) is 0. The molecular formula is C10H13N3. The minimum atomic E-state index is 0.287. The molecule has 0 saturated carbocycles. The molecule has 0 aromatic carbocycles. The molecule has 3 nitrogen and oxygen atoms in total. The van der Waals surface area contributed by atoms with Crippen molar-refractivity contribution in [1.82, 2.24) is 5.32 Å². The zero-order valence-corrected chi connectivity index (χ0v) is 7.43. The molecular weight excluding hydrogens is 162 g/mol. The molecule has 1 fully saturated rings. The van der Waals surface area contributed by atoms with Crippen LogP contribution in [-0.4, -0.2) is 24.8 Å². The number of allylic oxidation sites excluding steroid dienone is 1. The van der Waals surface area contributed by atoms with Crippen LogP contribution in [0.15, 0.2) is 22.1 Å². The Hall–Kier alpha value is -0.960. The summed E-state index contributed by atoms with van der Waals surface area (Å²) < 4.78 is 0. The molecule has 1 aliphatic carbocycles. The van der Waals surface area contributed by atoms with Gasteiger partial charge in [0.05, 0.1) is 0 Å². The molecule has 0 bridgehead atoms. The van der Waals surface area contributed by atoms with Gasteiger partial charge in [-0.25, -0.2) is 4.99 Å². The lowest BCUT2D eigenvalue weighted by Gasteiger charge is -2.22. The number of aliphatic imine (C=N–C) groups is 2. The number of rotatable bonds is 0. The topological polar surface area (TPSA) is 36.8 Å². The molecule has 0 aromatic heterocycles. The van der Waals surface area contributed by atoms with Crippen LogP contribution in [0.3, 0.4) is 0 Å². The first-order valence-electron chi connectivity index (χ1n) is 4.93. The Morgan fingerprint density at radius 1 is 1.38 bits per heavy atom. The molecule has 1 saturated heterocycles. The fraction of sp³-hybridized carbons (Fsp3) is 0.600. The van der Waals surface area contributed by atoms with Gasteiger partial charge in [-0.3, -0.25) is 10.3 Å². The summed E-state index contributed by atoms with van der Waals surface area (Å²) in [6, 6.07) is 0.533. The molecule has 3 aliphatic rings. The van der Waals surface area contributed by atoms with E-state index in [9.17, 15) is 0 Å². The molecule has 2 heterocycles. The van der Waals surface area contributed by atoms with Crippen molar-refractivity contribution in [3.8, 4) is 0 Å². The van der Waals surface area contributed by atoms with Crippen molar-refractivity contribution in [1.29, 1.82) is 0 Å². The molecule has 0 amide bonds. The molecule has 13 heavy (non-hydrogen) atoms. The SMILES string of the molecule is C1=CC2NC3N=CN=CC3C2CC1. The van der Waals surface area contributed by atoms with Crippen molar-refractivity contribution >= 4 is 12.6 Å². The number of nitrogens with one attached hydrogen (secondary N) is 1. The molecule has 0 spiro atoms. The lowest BCUT2D eigenvalue weighted by Crippen LogP contribution is -2.30. The summed E-state index contributed by atoms with van der Waals surface area (Å²) >= 11 is 0. The standard InChI is InChI=1S/C10H13N3/c1-2-4-9-7(3-1)8-5-11-6-12-10(8)13-9/h2,4-10,13H,1,3H2. The molecule has 4 unspecified atom stereocenters. The van der Waals surface area contributed by atoms with Crippen molar-refractivity contribution in [2.75, 3.05) is 0 Å². The van der Waals surface area contributed by atoms with Gasteiger partial charge < -0.3 is 0 Å². The molecule has 0 radical (unpaired) electrons. The van der Waals surface area contributed by atoms with Gasteiger partial charge in [0.2, 0.25) is 0 Å². The first-order valence-corrected chi connectivity index (χ1v) is 4.93. The van der Waals surface area contributed by atoms with E-state index in [1.165, 1.54) is 12.8 Å². The van der Waals surface area contributed by atoms with E-state index in [1.807, 2.05) is 0 Å². The lowest BCUT2D eigenvalue weighted by atomic mass is 9.83. The third-order valence-electron chi connectivity index (χ3n) is 3.25. The van der Waals surface area contributed by atoms with E-state index >= 15 is 0 Å². The van der Waals surface area contributed by atoms with Gasteiger partial charge >= 0.3 is 0 Å². The number of fused-ring (bicyclic) bond motifs is 3. The van der Waals surface area contributed by atoms with Crippen LogP contribution in [0.5, 0.6) is 0 Å². The highest BCUT2D eigenvalue weighted by Crippen LogP contribution is 2.34. The Kier molecular flexibility index (Phi) is 1.59. The fourth-order valence-corrected chi connectivity index (χ4v) is 2.59.